The van der Waals surface area contributed by atoms with Crippen LogP contribution < -0.4 is 5.32 Å². The van der Waals surface area contributed by atoms with Gasteiger partial charge in [0.15, 0.2) is 0 Å². The van der Waals surface area contributed by atoms with Crippen LogP contribution in [0.4, 0.5) is 0 Å². The average Bonchev–Trinajstić information content (AvgIpc) is 2.78. The van der Waals surface area contributed by atoms with Crippen molar-refractivity contribution in [1.29, 1.82) is 0 Å². The number of hydrogen-bond acceptors (Lipinski definition) is 2. The molecule has 0 bridgehead atoms. The summed E-state index contributed by atoms with van der Waals surface area (Å²) in [4.78, 5) is 4.32. The third-order valence-corrected chi connectivity index (χ3v) is 2.53. The minimum Gasteiger partial charge on any atom is -0.337 e. The number of nitrogens with one attached hydrogen (secondary N) is 1. The van der Waals surface area contributed by atoms with Crippen LogP contribution >= 0.6 is 0 Å². The summed E-state index contributed by atoms with van der Waals surface area (Å²) in [5, 5.41) is 3.38. The summed E-state index contributed by atoms with van der Waals surface area (Å²) in [6.07, 6.45) is 3.96. The Kier molecular flexibility index (Phi) is 3.72. The lowest BCUT2D eigenvalue weighted by atomic mass is 10.2. The van der Waals surface area contributed by atoms with Crippen molar-refractivity contribution in [2.75, 3.05) is 0 Å². The Morgan fingerprint density at radius 2 is 2.00 bits per heavy atom. The number of rotatable bonds is 5. The highest BCUT2D eigenvalue weighted by atomic mass is 15.0. The van der Waals surface area contributed by atoms with Crippen molar-refractivity contribution in [3.63, 3.8) is 0 Å². The maximum absolute atomic E-state index is 4.32. The van der Waals surface area contributed by atoms with E-state index in [0.29, 0.717) is 0 Å². The van der Waals surface area contributed by atoms with E-state index in [1.165, 1.54) is 5.56 Å². The minimum atomic E-state index is 0.821. The zero-order valence-electron chi connectivity index (χ0n) is 9.56. The van der Waals surface area contributed by atoms with Gasteiger partial charge in [0.2, 0.25) is 0 Å². The first kappa shape index (κ1) is 10.9. The summed E-state index contributed by atoms with van der Waals surface area (Å²) in [5.41, 5.74) is 2.40. The van der Waals surface area contributed by atoms with E-state index in [4.69, 9.17) is 0 Å². The lowest BCUT2D eigenvalue weighted by molar-refractivity contribution is 0.680. The predicted octanol–water partition coefficient (Wildman–Crippen LogP) is 2.19. The number of imidazole rings is 1. The molecule has 0 aliphatic carbocycles. The van der Waals surface area contributed by atoms with Crippen LogP contribution in [0.1, 0.15) is 18.2 Å². The number of hydrogen-bond donors (Lipinski definition) is 1. The molecule has 16 heavy (non-hydrogen) atoms. The number of aryl methyl sites for hydroxylation is 1. The molecular weight excluding hydrogens is 198 g/mol. The predicted molar refractivity (Wildman–Crippen MR) is 64.9 cm³/mol. The second kappa shape index (κ2) is 5.47. The molecule has 0 radical (unpaired) electrons. The Morgan fingerprint density at radius 3 is 2.69 bits per heavy atom. The van der Waals surface area contributed by atoms with Gasteiger partial charge in [0.25, 0.3) is 0 Å². The third kappa shape index (κ3) is 2.94. The van der Waals surface area contributed by atoms with Gasteiger partial charge in [-0.3, -0.25) is 0 Å². The fourth-order valence-corrected chi connectivity index (χ4v) is 1.60. The van der Waals surface area contributed by atoms with E-state index in [0.717, 1.165) is 25.3 Å². The molecule has 84 valence electrons. The molecule has 0 unspecified atom stereocenters. The molecule has 0 saturated carbocycles. The van der Waals surface area contributed by atoms with Gasteiger partial charge >= 0.3 is 0 Å². The molecule has 3 heteroatoms. The van der Waals surface area contributed by atoms with Crippen LogP contribution in [0.3, 0.4) is 0 Å². The Labute approximate surface area is 96.1 Å². The molecular formula is C13H17N3. The smallest absolute Gasteiger partial charge is 0.0949 e. The molecule has 0 amide bonds. The number of benzene rings is 1. The van der Waals surface area contributed by atoms with Crippen LogP contribution in [0.2, 0.25) is 0 Å². The van der Waals surface area contributed by atoms with Crippen LogP contribution in [0.5, 0.6) is 0 Å². The minimum absolute atomic E-state index is 0.821. The van der Waals surface area contributed by atoms with Gasteiger partial charge in [0.05, 0.1) is 12.0 Å². The summed E-state index contributed by atoms with van der Waals surface area (Å²) in [7, 11) is 0. The Bertz CT molecular complexity index is 420. The van der Waals surface area contributed by atoms with Crippen LogP contribution in [0.25, 0.3) is 0 Å². The van der Waals surface area contributed by atoms with Crippen molar-refractivity contribution >= 4 is 0 Å². The van der Waals surface area contributed by atoms with Crippen molar-refractivity contribution in [3.8, 4) is 0 Å². The molecule has 1 heterocycles. The fraction of sp³-hybridized carbons (Fsp3) is 0.308. The Balaban J connectivity index is 1.80. The first-order chi connectivity index (χ1) is 7.88. The monoisotopic (exact) mass is 215 g/mol. The van der Waals surface area contributed by atoms with Crippen molar-refractivity contribution in [1.82, 2.24) is 14.9 Å². The molecule has 0 saturated heterocycles. The first-order valence-corrected chi connectivity index (χ1v) is 5.64. The maximum Gasteiger partial charge on any atom is 0.0949 e. The zero-order valence-corrected chi connectivity index (χ0v) is 9.56. The molecule has 0 fully saturated rings. The quantitative estimate of drug-likeness (QED) is 0.828. The van der Waals surface area contributed by atoms with Crippen LogP contribution in [-0.4, -0.2) is 9.55 Å². The highest BCUT2D eigenvalue weighted by Gasteiger charge is 1.97. The van der Waals surface area contributed by atoms with Crippen LogP contribution in [0, 0.1) is 0 Å². The summed E-state index contributed by atoms with van der Waals surface area (Å²) in [6.45, 7) is 4.80. The van der Waals surface area contributed by atoms with E-state index in [2.05, 4.69) is 52.3 Å². The molecule has 0 spiro atoms. The van der Waals surface area contributed by atoms with Gasteiger partial charge in [-0.05, 0) is 12.5 Å². The van der Waals surface area contributed by atoms with Crippen LogP contribution in [-0.2, 0) is 19.6 Å². The van der Waals surface area contributed by atoms with Gasteiger partial charge in [-0.15, -0.1) is 0 Å². The van der Waals surface area contributed by atoms with E-state index >= 15 is 0 Å². The van der Waals surface area contributed by atoms with Crippen molar-refractivity contribution < 1.29 is 0 Å². The van der Waals surface area contributed by atoms with E-state index in [1.807, 2.05) is 12.4 Å². The zero-order chi connectivity index (χ0) is 11.2. The van der Waals surface area contributed by atoms with Crippen LogP contribution in [0.15, 0.2) is 42.9 Å². The van der Waals surface area contributed by atoms with Gasteiger partial charge in [0, 0.05) is 25.8 Å². The molecule has 1 aromatic heterocycles. The largest absolute Gasteiger partial charge is 0.337 e. The molecule has 0 aliphatic rings. The second-order valence-corrected chi connectivity index (χ2v) is 3.78. The third-order valence-electron chi connectivity index (χ3n) is 2.53. The Morgan fingerprint density at radius 1 is 1.19 bits per heavy atom. The number of nitrogens with zero attached hydrogens (tertiary/aromatic N) is 2. The van der Waals surface area contributed by atoms with E-state index in [1.54, 1.807) is 0 Å². The van der Waals surface area contributed by atoms with E-state index < -0.39 is 0 Å². The normalized spacial score (nSPS) is 10.6. The lowest BCUT2D eigenvalue weighted by Gasteiger charge is -2.02. The van der Waals surface area contributed by atoms with Gasteiger partial charge in [-0.1, -0.05) is 30.3 Å². The molecule has 3 nitrogen and oxygen atoms in total. The molecule has 1 aromatic carbocycles. The van der Waals surface area contributed by atoms with Gasteiger partial charge in [-0.2, -0.15) is 0 Å². The topological polar surface area (TPSA) is 29.9 Å². The fourth-order valence-electron chi connectivity index (χ4n) is 1.60. The molecule has 1 N–H and O–H groups in total. The molecule has 2 aromatic rings. The standard InChI is InChI=1S/C13H17N3/c1-2-16-10-13(15-11-16)9-14-8-12-6-4-3-5-7-12/h3-7,10-11,14H,2,8-9H2,1H3. The average molecular weight is 215 g/mol. The highest BCUT2D eigenvalue weighted by molar-refractivity contribution is 5.14. The SMILES string of the molecule is CCn1cnc(CNCc2ccccc2)c1. The van der Waals surface area contributed by atoms with Gasteiger partial charge in [0.1, 0.15) is 0 Å². The van der Waals surface area contributed by atoms with E-state index in [9.17, 15) is 0 Å². The number of aromatic nitrogens is 2. The van der Waals surface area contributed by atoms with Crippen molar-refractivity contribution in [2.45, 2.75) is 26.6 Å². The maximum atomic E-state index is 4.32. The molecule has 0 aliphatic heterocycles. The Hall–Kier alpha value is -1.61. The lowest BCUT2D eigenvalue weighted by Crippen LogP contribution is -2.12. The first-order valence-electron chi connectivity index (χ1n) is 5.64. The highest BCUT2D eigenvalue weighted by Crippen LogP contribution is 1.99. The van der Waals surface area contributed by atoms with Gasteiger partial charge in [-0.25, -0.2) is 4.98 Å². The van der Waals surface area contributed by atoms with Gasteiger partial charge < -0.3 is 9.88 Å². The van der Waals surface area contributed by atoms with E-state index in [-0.39, 0.29) is 0 Å². The second-order valence-electron chi connectivity index (χ2n) is 3.78. The van der Waals surface area contributed by atoms with Crippen molar-refractivity contribution in [3.05, 3.63) is 54.1 Å². The summed E-state index contributed by atoms with van der Waals surface area (Å²) in [6, 6.07) is 10.4. The van der Waals surface area contributed by atoms with Crippen molar-refractivity contribution in [2.24, 2.45) is 0 Å². The molecule has 0 atom stereocenters. The summed E-state index contributed by atoms with van der Waals surface area (Å²) >= 11 is 0. The summed E-state index contributed by atoms with van der Waals surface area (Å²) < 4.78 is 2.08. The molecule has 2 rings (SSSR count). The summed E-state index contributed by atoms with van der Waals surface area (Å²) in [5.74, 6) is 0.